The molecule has 12 heavy (non-hydrogen) atoms. The Morgan fingerprint density at radius 3 is 1.92 bits per heavy atom. The molecule has 0 aromatic carbocycles. The molecular formula is C9H19I2P. The summed E-state index contributed by atoms with van der Waals surface area (Å²) in [5.74, 6) is 0. The maximum absolute atomic E-state index is 2.38. The zero-order valence-electron chi connectivity index (χ0n) is 8.35. The molecular weight excluding hydrogens is 393 g/mol. The van der Waals surface area contributed by atoms with Crippen molar-refractivity contribution < 1.29 is 0 Å². The van der Waals surface area contributed by atoms with Crippen LogP contribution in [-0.2, 0) is 0 Å². The smallest absolute Gasteiger partial charge is 0 e. The second-order valence-electron chi connectivity index (χ2n) is 2.54. The Bertz CT molecular complexity index is 103. The Morgan fingerprint density at radius 2 is 1.75 bits per heavy atom. The van der Waals surface area contributed by atoms with E-state index in [0.717, 1.165) is 5.66 Å². The molecule has 0 amide bonds. The van der Waals surface area contributed by atoms with Gasteiger partial charge in [0.1, 0.15) is 0 Å². The summed E-state index contributed by atoms with van der Waals surface area (Å²) < 4.78 is 0. The Labute approximate surface area is 102 Å². The highest BCUT2D eigenvalue weighted by atomic mass is 128. The van der Waals surface area contributed by atoms with Gasteiger partial charge in [0, 0.05) is 37.2 Å². The van der Waals surface area contributed by atoms with E-state index in [1.165, 1.54) is 12.8 Å². The SMILES string of the molecule is CC.CP(C)[C@@H]1C=CCC1.II. The van der Waals surface area contributed by atoms with Crippen molar-refractivity contribution >= 4 is 45.2 Å². The summed E-state index contributed by atoms with van der Waals surface area (Å²) in [5, 5.41) is 0. The molecule has 1 aliphatic carbocycles. The highest BCUT2D eigenvalue weighted by molar-refractivity contribution is 15.0. The second kappa shape index (κ2) is 12.6. The molecule has 1 atom stereocenters. The van der Waals surface area contributed by atoms with Gasteiger partial charge in [-0.15, -0.1) is 7.92 Å². The topological polar surface area (TPSA) is 0 Å². The Morgan fingerprint density at radius 1 is 1.25 bits per heavy atom. The Balaban J connectivity index is 0. The molecule has 0 aromatic heterocycles. The molecule has 1 rings (SSSR count). The lowest BCUT2D eigenvalue weighted by Crippen LogP contribution is -1.93. The minimum Gasteiger partial charge on any atom is -0.106 e. The lowest BCUT2D eigenvalue weighted by molar-refractivity contribution is 0.936. The molecule has 0 fully saturated rings. The average Bonchev–Trinajstić information content (AvgIpc) is 2.64. The van der Waals surface area contributed by atoms with E-state index in [-0.39, 0.29) is 0 Å². The van der Waals surface area contributed by atoms with Gasteiger partial charge in [-0.25, -0.2) is 0 Å². The van der Waals surface area contributed by atoms with Crippen molar-refractivity contribution in [2.75, 3.05) is 13.3 Å². The van der Waals surface area contributed by atoms with Crippen LogP contribution in [0.5, 0.6) is 0 Å². The maximum atomic E-state index is 2.38. The first-order valence-electron chi connectivity index (χ1n) is 4.28. The summed E-state index contributed by atoms with van der Waals surface area (Å²) >= 11 is 4.24. The molecule has 0 heterocycles. The molecule has 0 saturated heterocycles. The molecule has 0 saturated carbocycles. The van der Waals surface area contributed by atoms with Crippen molar-refractivity contribution in [3.05, 3.63) is 12.2 Å². The van der Waals surface area contributed by atoms with Crippen LogP contribution in [0.15, 0.2) is 12.2 Å². The van der Waals surface area contributed by atoms with Crippen LogP contribution in [0.4, 0.5) is 0 Å². The molecule has 0 bridgehead atoms. The van der Waals surface area contributed by atoms with Crippen molar-refractivity contribution in [3.63, 3.8) is 0 Å². The Hall–Kier alpha value is 1.63. The lowest BCUT2D eigenvalue weighted by Gasteiger charge is -2.10. The highest BCUT2D eigenvalue weighted by Crippen LogP contribution is 2.38. The normalized spacial score (nSPS) is 19.4. The average molecular weight is 412 g/mol. The van der Waals surface area contributed by atoms with E-state index in [1.807, 2.05) is 13.8 Å². The lowest BCUT2D eigenvalue weighted by atomic mass is 10.4. The van der Waals surface area contributed by atoms with Gasteiger partial charge in [-0.05, 0) is 31.8 Å². The van der Waals surface area contributed by atoms with Crippen molar-refractivity contribution in [2.24, 2.45) is 0 Å². The zero-order valence-corrected chi connectivity index (χ0v) is 13.6. The molecule has 0 aromatic rings. The molecule has 0 unspecified atom stereocenters. The standard InChI is InChI=1S/C7H13P.C2H6.I2/c1-8(2)7-5-3-4-6-7;2*1-2/h3,5,7H,4,6H2,1-2H3;1-2H3;/t7-;;/m1../s1. The van der Waals surface area contributed by atoms with Crippen LogP contribution < -0.4 is 0 Å². The summed E-state index contributed by atoms with van der Waals surface area (Å²) in [7, 11) is 0.312. The third kappa shape index (κ3) is 8.24. The molecule has 0 aliphatic heterocycles. The van der Waals surface area contributed by atoms with E-state index in [1.54, 1.807) is 0 Å². The van der Waals surface area contributed by atoms with Crippen molar-refractivity contribution in [3.8, 4) is 0 Å². The van der Waals surface area contributed by atoms with Gasteiger partial charge in [0.25, 0.3) is 0 Å². The summed E-state index contributed by atoms with van der Waals surface area (Å²) in [4.78, 5) is 0. The summed E-state index contributed by atoms with van der Waals surface area (Å²) in [6, 6.07) is 0. The van der Waals surface area contributed by atoms with Crippen LogP contribution in [0, 0.1) is 0 Å². The van der Waals surface area contributed by atoms with Gasteiger partial charge in [0.15, 0.2) is 0 Å². The number of allylic oxidation sites excluding steroid dienone is 2. The first kappa shape index (κ1) is 16.1. The van der Waals surface area contributed by atoms with E-state index >= 15 is 0 Å². The molecule has 0 radical (unpaired) electrons. The predicted octanol–water partition coefficient (Wildman–Crippen LogP) is 5.24. The van der Waals surface area contributed by atoms with E-state index in [9.17, 15) is 0 Å². The summed E-state index contributed by atoms with van der Waals surface area (Å²) in [6.07, 6.45) is 7.43. The number of hydrogen-bond acceptors (Lipinski definition) is 0. The quantitative estimate of drug-likeness (QED) is 0.314. The van der Waals surface area contributed by atoms with Gasteiger partial charge >= 0.3 is 0 Å². The van der Waals surface area contributed by atoms with Gasteiger partial charge in [-0.2, -0.15) is 0 Å². The predicted molar refractivity (Wildman–Crippen MR) is 80.3 cm³/mol. The van der Waals surface area contributed by atoms with Gasteiger partial charge in [0.2, 0.25) is 0 Å². The van der Waals surface area contributed by atoms with Crippen molar-refractivity contribution in [1.82, 2.24) is 0 Å². The van der Waals surface area contributed by atoms with Gasteiger partial charge in [-0.1, -0.05) is 26.0 Å². The first-order chi connectivity index (χ1) is 5.80. The van der Waals surface area contributed by atoms with E-state index in [2.05, 4.69) is 62.7 Å². The largest absolute Gasteiger partial charge is 0.106 e. The molecule has 74 valence electrons. The number of hydrogen-bond donors (Lipinski definition) is 0. The van der Waals surface area contributed by atoms with E-state index in [0.29, 0.717) is 7.92 Å². The minimum atomic E-state index is 0.312. The summed E-state index contributed by atoms with van der Waals surface area (Å²) in [5.41, 5.74) is 0.949. The van der Waals surface area contributed by atoms with Crippen molar-refractivity contribution in [2.45, 2.75) is 32.3 Å². The molecule has 1 aliphatic rings. The second-order valence-corrected chi connectivity index (χ2v) is 5.13. The van der Waals surface area contributed by atoms with Gasteiger partial charge in [0.05, 0.1) is 0 Å². The summed E-state index contributed by atoms with van der Waals surface area (Å²) in [6.45, 7) is 8.71. The maximum Gasteiger partial charge on any atom is 0 e. The van der Waals surface area contributed by atoms with Crippen LogP contribution in [0.3, 0.4) is 0 Å². The fourth-order valence-electron chi connectivity index (χ4n) is 1.05. The highest BCUT2D eigenvalue weighted by Gasteiger charge is 2.11. The van der Waals surface area contributed by atoms with Gasteiger partial charge in [-0.3, -0.25) is 0 Å². The molecule has 0 N–H and O–H groups in total. The molecule has 0 spiro atoms. The van der Waals surface area contributed by atoms with Crippen LogP contribution in [0.1, 0.15) is 26.7 Å². The number of halogens is 2. The molecule has 0 nitrogen and oxygen atoms in total. The van der Waals surface area contributed by atoms with Crippen LogP contribution in [0.2, 0.25) is 0 Å². The van der Waals surface area contributed by atoms with E-state index in [4.69, 9.17) is 0 Å². The van der Waals surface area contributed by atoms with Crippen LogP contribution in [-0.4, -0.2) is 19.0 Å². The van der Waals surface area contributed by atoms with Crippen LogP contribution >= 0.6 is 45.2 Å². The van der Waals surface area contributed by atoms with Gasteiger partial charge < -0.3 is 0 Å². The Kier molecular flexibility index (Phi) is 16.9. The fourth-order valence-corrected chi connectivity index (χ4v) is 2.18. The van der Waals surface area contributed by atoms with Crippen LogP contribution in [0.25, 0.3) is 0 Å². The third-order valence-corrected chi connectivity index (χ3v) is 3.41. The van der Waals surface area contributed by atoms with E-state index < -0.39 is 0 Å². The van der Waals surface area contributed by atoms with Crippen molar-refractivity contribution in [1.29, 1.82) is 0 Å². The fraction of sp³-hybridized carbons (Fsp3) is 0.778. The monoisotopic (exact) mass is 412 g/mol. The molecule has 3 heteroatoms. The first-order valence-corrected chi connectivity index (χ1v) is 12.9. The minimum absolute atomic E-state index is 0.312. The third-order valence-electron chi connectivity index (χ3n) is 1.65. The number of rotatable bonds is 1. The zero-order chi connectivity index (χ0) is 9.98.